The predicted octanol–water partition coefficient (Wildman–Crippen LogP) is 4.14. The summed E-state index contributed by atoms with van der Waals surface area (Å²) in [5.74, 6) is 0.266. The molecule has 2 aromatic carbocycles. The van der Waals surface area contributed by atoms with Crippen LogP contribution in [0.25, 0.3) is 0 Å². The Balaban J connectivity index is 1.77. The molecule has 0 amide bonds. The van der Waals surface area contributed by atoms with Crippen molar-refractivity contribution in [2.75, 3.05) is 10.0 Å². The summed E-state index contributed by atoms with van der Waals surface area (Å²) in [6.07, 6.45) is 0. The molecule has 0 spiro atoms. The van der Waals surface area contributed by atoms with E-state index in [-0.39, 0.29) is 10.7 Å². The van der Waals surface area contributed by atoms with Crippen molar-refractivity contribution in [1.29, 1.82) is 0 Å². The summed E-state index contributed by atoms with van der Waals surface area (Å²) in [4.78, 5) is 0.0782. The number of nitrogens with one attached hydrogen (secondary N) is 2. The molecule has 0 aliphatic carbocycles. The average Bonchev–Trinajstić information content (AvgIpc) is 2.89. The van der Waals surface area contributed by atoms with Crippen LogP contribution in [0, 0.1) is 20.8 Å². The Labute approximate surface area is 146 Å². The molecule has 0 saturated carbocycles. The summed E-state index contributed by atoms with van der Waals surface area (Å²) >= 11 is 0. The highest BCUT2D eigenvalue weighted by molar-refractivity contribution is 7.92. The monoisotopic (exact) mass is 357 g/mol. The molecule has 2 N–H and O–H groups in total. The van der Waals surface area contributed by atoms with Gasteiger partial charge in [-0.2, -0.15) is 0 Å². The molecule has 25 heavy (non-hydrogen) atoms. The molecule has 0 radical (unpaired) electrons. The van der Waals surface area contributed by atoms with Crippen LogP contribution in [0.1, 0.15) is 17.0 Å². The molecule has 0 saturated heterocycles. The zero-order valence-corrected chi connectivity index (χ0v) is 15.0. The van der Waals surface area contributed by atoms with Crippen molar-refractivity contribution in [3.63, 3.8) is 0 Å². The summed E-state index contributed by atoms with van der Waals surface area (Å²) < 4.78 is 32.5. The minimum Gasteiger partial charge on any atom is -0.360 e. The Morgan fingerprint density at radius 1 is 0.920 bits per heavy atom. The molecule has 0 unspecified atom stereocenters. The molecule has 0 bridgehead atoms. The number of aryl methyl sites for hydroxylation is 3. The molecule has 0 atom stereocenters. The van der Waals surface area contributed by atoms with E-state index < -0.39 is 10.0 Å². The van der Waals surface area contributed by atoms with E-state index in [1.807, 2.05) is 43.3 Å². The van der Waals surface area contributed by atoms with E-state index >= 15 is 0 Å². The molecule has 3 rings (SSSR count). The molecule has 0 fully saturated rings. The van der Waals surface area contributed by atoms with Crippen molar-refractivity contribution < 1.29 is 12.9 Å². The van der Waals surface area contributed by atoms with E-state index in [0.717, 1.165) is 16.9 Å². The highest BCUT2D eigenvalue weighted by Gasteiger charge is 2.24. The first-order chi connectivity index (χ1) is 11.8. The molecule has 0 aliphatic rings. The lowest BCUT2D eigenvalue weighted by molar-refractivity contribution is 0.390. The predicted molar refractivity (Wildman–Crippen MR) is 97.7 cm³/mol. The first-order valence-corrected chi connectivity index (χ1v) is 9.23. The van der Waals surface area contributed by atoms with Crippen molar-refractivity contribution in [1.82, 2.24) is 5.16 Å². The highest BCUT2D eigenvalue weighted by atomic mass is 32.2. The molecule has 130 valence electrons. The number of anilines is 3. The number of sulfonamides is 1. The zero-order chi connectivity index (χ0) is 18.0. The van der Waals surface area contributed by atoms with Gasteiger partial charge in [0.15, 0.2) is 10.7 Å². The Kier molecular flexibility index (Phi) is 4.50. The normalized spacial score (nSPS) is 11.3. The van der Waals surface area contributed by atoms with Gasteiger partial charge >= 0.3 is 0 Å². The first kappa shape index (κ1) is 17.0. The van der Waals surface area contributed by atoms with Gasteiger partial charge in [0.2, 0.25) is 0 Å². The van der Waals surface area contributed by atoms with Crippen LogP contribution in [-0.2, 0) is 10.0 Å². The van der Waals surface area contributed by atoms with E-state index in [2.05, 4.69) is 15.2 Å². The highest BCUT2D eigenvalue weighted by Crippen LogP contribution is 2.24. The number of hydrogen-bond donors (Lipinski definition) is 2. The zero-order valence-electron chi connectivity index (χ0n) is 14.2. The van der Waals surface area contributed by atoms with Crippen LogP contribution in [-0.4, -0.2) is 13.6 Å². The van der Waals surface area contributed by atoms with Crippen LogP contribution in [0.15, 0.2) is 57.9 Å². The maximum Gasteiger partial charge on any atom is 0.267 e. The molecule has 3 aromatic rings. The second-order valence-corrected chi connectivity index (χ2v) is 7.45. The first-order valence-electron chi connectivity index (χ1n) is 7.74. The van der Waals surface area contributed by atoms with Gasteiger partial charge in [-0.25, -0.2) is 8.42 Å². The maximum atomic E-state index is 12.5. The van der Waals surface area contributed by atoms with Gasteiger partial charge in [-0.3, -0.25) is 4.72 Å². The largest absolute Gasteiger partial charge is 0.360 e. The van der Waals surface area contributed by atoms with Gasteiger partial charge in [-0.05, 0) is 62.7 Å². The lowest BCUT2D eigenvalue weighted by Crippen LogP contribution is -2.14. The van der Waals surface area contributed by atoms with Gasteiger partial charge in [0.05, 0.1) is 0 Å². The van der Waals surface area contributed by atoms with Gasteiger partial charge in [0.1, 0.15) is 5.69 Å². The van der Waals surface area contributed by atoms with E-state index in [9.17, 15) is 8.42 Å². The van der Waals surface area contributed by atoms with Crippen LogP contribution in [0.4, 0.5) is 17.1 Å². The molecule has 6 nitrogen and oxygen atoms in total. The topological polar surface area (TPSA) is 84.2 Å². The Hall–Kier alpha value is -2.80. The van der Waals surface area contributed by atoms with Gasteiger partial charge in [0.25, 0.3) is 10.0 Å². The smallest absolute Gasteiger partial charge is 0.267 e. The van der Waals surface area contributed by atoms with Crippen molar-refractivity contribution >= 4 is 27.1 Å². The molecule has 1 aromatic heterocycles. The lowest BCUT2D eigenvalue weighted by Gasteiger charge is -2.10. The fourth-order valence-corrected chi connectivity index (χ4v) is 3.97. The number of benzene rings is 2. The quantitative estimate of drug-likeness (QED) is 0.717. The molecule has 0 aliphatic heterocycles. The Morgan fingerprint density at radius 3 is 2.20 bits per heavy atom. The minimum absolute atomic E-state index is 0.0782. The minimum atomic E-state index is -3.74. The third-order valence-corrected chi connectivity index (χ3v) is 5.31. The average molecular weight is 357 g/mol. The number of nitrogens with zero attached hydrogens (tertiary/aromatic N) is 1. The van der Waals surface area contributed by atoms with Gasteiger partial charge in [-0.15, -0.1) is 0 Å². The van der Waals surface area contributed by atoms with Gasteiger partial charge < -0.3 is 9.84 Å². The Morgan fingerprint density at radius 2 is 1.60 bits per heavy atom. The summed E-state index contributed by atoms with van der Waals surface area (Å²) in [5.41, 5.74) is 3.81. The number of rotatable bonds is 5. The van der Waals surface area contributed by atoms with Crippen LogP contribution >= 0.6 is 0 Å². The third-order valence-electron chi connectivity index (χ3n) is 3.68. The van der Waals surface area contributed by atoms with Crippen LogP contribution in [0.3, 0.4) is 0 Å². The molecular formula is C18H19N3O3S. The van der Waals surface area contributed by atoms with Crippen LogP contribution < -0.4 is 10.0 Å². The van der Waals surface area contributed by atoms with Crippen LogP contribution in [0.2, 0.25) is 0 Å². The second-order valence-electron chi connectivity index (χ2n) is 5.83. The summed E-state index contributed by atoms with van der Waals surface area (Å²) in [6.45, 7) is 5.20. The SMILES string of the molecule is Cc1cccc(Nc2ccc(NS(=O)(=O)c3c(C)noc3C)cc2)c1. The second kappa shape index (κ2) is 6.60. The van der Waals surface area contributed by atoms with Crippen molar-refractivity contribution in [3.05, 3.63) is 65.5 Å². The summed E-state index contributed by atoms with van der Waals surface area (Å²) in [5, 5.41) is 6.97. The van der Waals surface area contributed by atoms with E-state index in [1.165, 1.54) is 0 Å². The van der Waals surface area contributed by atoms with Crippen LogP contribution in [0.5, 0.6) is 0 Å². The number of hydrogen-bond acceptors (Lipinski definition) is 5. The van der Waals surface area contributed by atoms with Crippen molar-refractivity contribution in [2.24, 2.45) is 0 Å². The van der Waals surface area contributed by atoms with Crippen molar-refractivity contribution in [2.45, 2.75) is 25.7 Å². The molecule has 7 heteroatoms. The van der Waals surface area contributed by atoms with Gasteiger partial charge in [-0.1, -0.05) is 17.3 Å². The standard InChI is InChI=1S/C18H19N3O3S/c1-12-5-4-6-17(11-12)19-15-7-9-16(10-8-15)21-25(22,23)18-13(2)20-24-14(18)3/h4-11,19,21H,1-3H3. The lowest BCUT2D eigenvalue weighted by atomic mass is 10.2. The summed E-state index contributed by atoms with van der Waals surface area (Å²) in [6, 6.07) is 15.0. The van der Waals surface area contributed by atoms with E-state index in [1.54, 1.807) is 26.0 Å². The van der Waals surface area contributed by atoms with Crippen molar-refractivity contribution in [3.8, 4) is 0 Å². The maximum absolute atomic E-state index is 12.5. The third kappa shape index (κ3) is 3.83. The Bertz CT molecular complexity index is 973. The van der Waals surface area contributed by atoms with E-state index in [0.29, 0.717) is 11.4 Å². The number of aromatic nitrogens is 1. The van der Waals surface area contributed by atoms with Gasteiger partial charge in [0, 0.05) is 17.1 Å². The summed E-state index contributed by atoms with van der Waals surface area (Å²) in [7, 11) is -3.74. The fraction of sp³-hybridized carbons (Fsp3) is 0.167. The fourth-order valence-electron chi connectivity index (χ4n) is 2.58. The molecule has 1 heterocycles. The van der Waals surface area contributed by atoms with E-state index in [4.69, 9.17) is 4.52 Å². The molecular weight excluding hydrogens is 338 g/mol.